The van der Waals surface area contributed by atoms with Crippen molar-refractivity contribution >= 4 is 23.2 Å². The van der Waals surface area contributed by atoms with Gasteiger partial charge in [-0.25, -0.2) is 4.39 Å². The maximum atomic E-state index is 13.0. The summed E-state index contributed by atoms with van der Waals surface area (Å²) in [6, 6.07) is 7.36. The minimum atomic E-state index is -0.521. The highest BCUT2D eigenvalue weighted by Crippen LogP contribution is 2.20. The van der Waals surface area contributed by atoms with Crippen molar-refractivity contribution in [3.63, 3.8) is 0 Å². The number of carbonyl (C=O) groups excluding carboxylic acids is 1. The molecule has 1 N–H and O–H groups in total. The van der Waals surface area contributed by atoms with Gasteiger partial charge in [0, 0.05) is 17.6 Å². The second-order valence-electron chi connectivity index (χ2n) is 3.72. The van der Waals surface area contributed by atoms with Crippen LogP contribution in [0.15, 0.2) is 36.5 Å². The molecule has 92 valence electrons. The van der Waals surface area contributed by atoms with Crippen LogP contribution >= 0.6 is 11.6 Å². The largest absolute Gasteiger partial charge is 0.322 e. The zero-order chi connectivity index (χ0) is 13.1. The molecule has 1 aromatic heterocycles. The summed E-state index contributed by atoms with van der Waals surface area (Å²) in [5.41, 5.74) is 1.54. The Hall–Kier alpha value is -1.94. The molecule has 18 heavy (non-hydrogen) atoms. The number of anilines is 1. The lowest BCUT2D eigenvalue weighted by Crippen LogP contribution is -2.13. The van der Waals surface area contributed by atoms with Gasteiger partial charge in [0.05, 0.1) is 10.6 Å². The third kappa shape index (κ3) is 2.65. The number of nitrogens with one attached hydrogen (secondary N) is 1. The lowest BCUT2D eigenvalue weighted by atomic mass is 10.2. The van der Waals surface area contributed by atoms with E-state index in [9.17, 15) is 9.18 Å². The van der Waals surface area contributed by atoms with E-state index in [1.54, 1.807) is 25.3 Å². The summed E-state index contributed by atoms with van der Waals surface area (Å²) >= 11 is 5.64. The highest BCUT2D eigenvalue weighted by molar-refractivity contribution is 6.31. The highest BCUT2D eigenvalue weighted by Gasteiger charge is 2.10. The van der Waals surface area contributed by atoms with Gasteiger partial charge >= 0.3 is 0 Å². The minimum Gasteiger partial charge on any atom is -0.322 e. The summed E-state index contributed by atoms with van der Waals surface area (Å²) in [5, 5.41) is 2.61. The Kier molecular flexibility index (Phi) is 3.58. The Morgan fingerprint density at radius 2 is 2.17 bits per heavy atom. The van der Waals surface area contributed by atoms with Crippen molar-refractivity contribution in [1.82, 2.24) is 4.98 Å². The Labute approximate surface area is 109 Å². The molecule has 0 fully saturated rings. The number of hydrogen-bond donors (Lipinski definition) is 1. The van der Waals surface area contributed by atoms with Crippen LogP contribution in [-0.2, 0) is 0 Å². The maximum Gasteiger partial charge on any atom is 0.257 e. The highest BCUT2D eigenvalue weighted by atomic mass is 35.5. The van der Waals surface area contributed by atoms with E-state index >= 15 is 0 Å². The third-order valence-electron chi connectivity index (χ3n) is 2.43. The van der Waals surface area contributed by atoms with E-state index in [-0.39, 0.29) is 10.9 Å². The summed E-state index contributed by atoms with van der Waals surface area (Å²) < 4.78 is 13.0. The molecule has 5 heteroatoms. The van der Waals surface area contributed by atoms with Crippen LogP contribution in [-0.4, -0.2) is 10.9 Å². The molecular weight excluding hydrogens is 255 g/mol. The number of carbonyl (C=O) groups is 1. The second kappa shape index (κ2) is 5.14. The molecule has 0 saturated carbocycles. The molecule has 1 amide bonds. The third-order valence-corrected chi connectivity index (χ3v) is 2.72. The van der Waals surface area contributed by atoms with Crippen molar-refractivity contribution in [2.75, 3.05) is 5.32 Å². The molecule has 0 unspecified atom stereocenters. The molecule has 0 spiro atoms. The van der Waals surface area contributed by atoms with E-state index in [4.69, 9.17) is 11.6 Å². The molecular formula is C13H10ClFN2O. The zero-order valence-electron chi connectivity index (χ0n) is 9.58. The number of aryl methyl sites for hydroxylation is 1. The fourth-order valence-corrected chi connectivity index (χ4v) is 1.68. The summed E-state index contributed by atoms with van der Waals surface area (Å²) in [6.07, 6.45) is 1.61. The predicted octanol–water partition coefficient (Wildman–Crippen LogP) is 3.43. The number of benzene rings is 1. The molecule has 0 bridgehead atoms. The van der Waals surface area contributed by atoms with Gasteiger partial charge in [-0.3, -0.25) is 9.78 Å². The smallest absolute Gasteiger partial charge is 0.257 e. The van der Waals surface area contributed by atoms with Gasteiger partial charge in [0.2, 0.25) is 0 Å². The first-order valence-electron chi connectivity index (χ1n) is 5.26. The molecule has 3 nitrogen and oxygen atoms in total. The molecule has 2 aromatic rings. The van der Waals surface area contributed by atoms with Crippen molar-refractivity contribution < 1.29 is 9.18 Å². The van der Waals surface area contributed by atoms with Crippen molar-refractivity contribution in [3.8, 4) is 0 Å². The summed E-state index contributed by atoms with van der Waals surface area (Å²) in [5.74, 6) is -0.824. The fourth-order valence-electron chi connectivity index (χ4n) is 1.50. The van der Waals surface area contributed by atoms with Gasteiger partial charge in [-0.15, -0.1) is 0 Å². The van der Waals surface area contributed by atoms with Gasteiger partial charge in [-0.05, 0) is 37.3 Å². The van der Waals surface area contributed by atoms with Crippen LogP contribution in [0.2, 0.25) is 5.02 Å². The fraction of sp³-hybridized carbons (Fsp3) is 0.0769. The summed E-state index contributed by atoms with van der Waals surface area (Å²) in [6.45, 7) is 1.74. The SMILES string of the molecule is Cc1ncccc1C(=O)Nc1ccc(F)c(Cl)c1. The van der Waals surface area contributed by atoms with E-state index in [0.717, 1.165) is 0 Å². The molecule has 1 heterocycles. The van der Waals surface area contributed by atoms with Gasteiger partial charge in [-0.2, -0.15) is 0 Å². The van der Waals surface area contributed by atoms with Gasteiger partial charge in [0.1, 0.15) is 5.82 Å². The number of nitrogens with zero attached hydrogens (tertiary/aromatic N) is 1. The molecule has 0 aliphatic heterocycles. The molecule has 0 saturated heterocycles. The lowest BCUT2D eigenvalue weighted by Gasteiger charge is -2.07. The van der Waals surface area contributed by atoms with Crippen LogP contribution < -0.4 is 5.32 Å². The van der Waals surface area contributed by atoms with Crippen LogP contribution in [0.4, 0.5) is 10.1 Å². The van der Waals surface area contributed by atoms with Gasteiger partial charge in [0.25, 0.3) is 5.91 Å². The standard InChI is InChI=1S/C13H10ClFN2O/c1-8-10(3-2-6-16-8)13(18)17-9-4-5-12(15)11(14)7-9/h2-7H,1H3,(H,17,18). The van der Waals surface area contributed by atoms with Crippen LogP contribution in [0.5, 0.6) is 0 Å². The number of aromatic nitrogens is 1. The first-order valence-corrected chi connectivity index (χ1v) is 5.64. The lowest BCUT2D eigenvalue weighted by molar-refractivity contribution is 0.102. The van der Waals surface area contributed by atoms with Crippen LogP contribution in [0.3, 0.4) is 0 Å². The van der Waals surface area contributed by atoms with Crippen LogP contribution in [0.25, 0.3) is 0 Å². The number of amides is 1. The normalized spacial score (nSPS) is 10.2. The molecule has 0 aliphatic carbocycles. The number of pyridine rings is 1. The maximum absolute atomic E-state index is 13.0. The first kappa shape index (κ1) is 12.5. The van der Waals surface area contributed by atoms with E-state index in [2.05, 4.69) is 10.3 Å². The molecule has 0 atom stereocenters. The summed E-state index contributed by atoms with van der Waals surface area (Å²) in [7, 11) is 0. The Bertz CT molecular complexity index is 601. The minimum absolute atomic E-state index is 0.0318. The van der Waals surface area contributed by atoms with E-state index in [1.165, 1.54) is 18.2 Å². The summed E-state index contributed by atoms with van der Waals surface area (Å²) in [4.78, 5) is 16.0. The molecule has 2 rings (SSSR count). The van der Waals surface area contributed by atoms with Crippen LogP contribution in [0, 0.1) is 12.7 Å². The molecule has 0 aliphatic rings. The van der Waals surface area contributed by atoms with Gasteiger partial charge < -0.3 is 5.32 Å². The Morgan fingerprint density at radius 1 is 1.39 bits per heavy atom. The second-order valence-corrected chi connectivity index (χ2v) is 4.13. The number of halogens is 2. The number of hydrogen-bond acceptors (Lipinski definition) is 2. The predicted molar refractivity (Wildman–Crippen MR) is 68.3 cm³/mol. The average molecular weight is 265 g/mol. The van der Waals surface area contributed by atoms with E-state index in [0.29, 0.717) is 16.9 Å². The molecule has 1 aromatic carbocycles. The van der Waals surface area contributed by atoms with Crippen molar-refractivity contribution in [2.24, 2.45) is 0 Å². The average Bonchev–Trinajstić information content (AvgIpc) is 2.34. The number of rotatable bonds is 2. The Balaban J connectivity index is 2.22. The van der Waals surface area contributed by atoms with E-state index < -0.39 is 5.82 Å². The van der Waals surface area contributed by atoms with Gasteiger partial charge in [0.15, 0.2) is 0 Å². The van der Waals surface area contributed by atoms with Crippen molar-refractivity contribution in [1.29, 1.82) is 0 Å². The monoisotopic (exact) mass is 264 g/mol. The Morgan fingerprint density at radius 3 is 2.83 bits per heavy atom. The first-order chi connectivity index (χ1) is 8.58. The van der Waals surface area contributed by atoms with Crippen molar-refractivity contribution in [2.45, 2.75) is 6.92 Å². The molecule has 0 radical (unpaired) electrons. The quantitative estimate of drug-likeness (QED) is 0.903. The van der Waals surface area contributed by atoms with Crippen LogP contribution in [0.1, 0.15) is 16.1 Å². The topological polar surface area (TPSA) is 42.0 Å². The zero-order valence-corrected chi connectivity index (χ0v) is 10.3. The van der Waals surface area contributed by atoms with Crippen molar-refractivity contribution in [3.05, 3.63) is 58.6 Å². The van der Waals surface area contributed by atoms with Gasteiger partial charge in [-0.1, -0.05) is 11.6 Å². The van der Waals surface area contributed by atoms with E-state index in [1.807, 2.05) is 0 Å².